The van der Waals surface area contributed by atoms with Crippen LogP contribution < -0.4 is 10.6 Å². The summed E-state index contributed by atoms with van der Waals surface area (Å²) in [5.41, 5.74) is -0.491. The van der Waals surface area contributed by atoms with Gasteiger partial charge in [-0.05, 0) is 39.3 Å². The van der Waals surface area contributed by atoms with Crippen molar-refractivity contribution in [2.75, 3.05) is 52.9 Å². The van der Waals surface area contributed by atoms with E-state index in [1.54, 1.807) is 14.0 Å². The van der Waals surface area contributed by atoms with Crippen LogP contribution in [-0.4, -0.2) is 107 Å². The van der Waals surface area contributed by atoms with Crippen molar-refractivity contribution in [2.45, 2.75) is 64.1 Å². The van der Waals surface area contributed by atoms with Crippen LogP contribution in [0.4, 0.5) is 0 Å². The lowest BCUT2D eigenvalue weighted by molar-refractivity contribution is -0.133. The number of carbonyl (C=O) groups excluding carboxylic acids is 3. The lowest BCUT2D eigenvalue weighted by Gasteiger charge is -2.41. The van der Waals surface area contributed by atoms with E-state index in [1.807, 2.05) is 0 Å². The van der Waals surface area contributed by atoms with E-state index in [2.05, 4.69) is 32.5 Å². The molecule has 2 N–H and O–H groups in total. The number of rotatable bonds is 8. The zero-order valence-corrected chi connectivity index (χ0v) is 20.8. The minimum atomic E-state index is -1.05. The molecular formula is C24H39N7O3. The number of carbonyl (C=O) groups is 3. The van der Waals surface area contributed by atoms with Gasteiger partial charge in [-0.25, -0.2) is 0 Å². The Labute approximate surface area is 202 Å². The molecule has 0 bridgehead atoms. The number of hydrogen-bond acceptors (Lipinski definition) is 6. The van der Waals surface area contributed by atoms with Crippen molar-refractivity contribution in [3.05, 3.63) is 17.5 Å². The van der Waals surface area contributed by atoms with Crippen LogP contribution in [0.15, 0.2) is 6.07 Å². The molecule has 1 saturated carbocycles. The van der Waals surface area contributed by atoms with Gasteiger partial charge in [0.2, 0.25) is 5.91 Å². The molecule has 10 heteroatoms. The van der Waals surface area contributed by atoms with Crippen molar-refractivity contribution in [3.63, 3.8) is 0 Å². The van der Waals surface area contributed by atoms with E-state index in [0.29, 0.717) is 12.2 Å². The summed E-state index contributed by atoms with van der Waals surface area (Å²) in [4.78, 5) is 45.2. The molecule has 0 spiro atoms. The van der Waals surface area contributed by atoms with Crippen LogP contribution in [0.3, 0.4) is 0 Å². The zero-order chi connectivity index (χ0) is 24.3. The molecule has 2 fully saturated rings. The Bertz CT molecular complexity index is 902. The van der Waals surface area contributed by atoms with E-state index in [1.165, 1.54) is 15.6 Å². The summed E-state index contributed by atoms with van der Waals surface area (Å²) in [6.07, 6.45) is 5.06. The Morgan fingerprint density at radius 1 is 1.15 bits per heavy atom. The van der Waals surface area contributed by atoms with Crippen LogP contribution in [0, 0.1) is 0 Å². The largest absolute Gasteiger partial charge is 0.351 e. The third-order valence-corrected chi connectivity index (χ3v) is 7.76. The van der Waals surface area contributed by atoms with E-state index in [0.717, 1.165) is 71.4 Å². The molecule has 10 nitrogen and oxygen atoms in total. The predicted octanol–water partition coefficient (Wildman–Crippen LogP) is 0.544. The van der Waals surface area contributed by atoms with E-state index in [4.69, 9.17) is 0 Å². The molecular weight excluding hydrogens is 434 g/mol. The summed E-state index contributed by atoms with van der Waals surface area (Å²) in [5.74, 6) is -0.750. The molecule has 188 valence electrons. The summed E-state index contributed by atoms with van der Waals surface area (Å²) >= 11 is 0. The van der Waals surface area contributed by atoms with Crippen molar-refractivity contribution < 1.29 is 14.4 Å². The van der Waals surface area contributed by atoms with Crippen LogP contribution in [0.25, 0.3) is 0 Å². The first-order valence-corrected chi connectivity index (χ1v) is 12.7. The molecule has 1 aliphatic carbocycles. The Morgan fingerprint density at radius 3 is 2.50 bits per heavy atom. The van der Waals surface area contributed by atoms with Gasteiger partial charge in [0.15, 0.2) is 5.69 Å². The van der Waals surface area contributed by atoms with Gasteiger partial charge in [0.05, 0.1) is 6.54 Å². The Kier molecular flexibility index (Phi) is 7.57. The number of hydrogen-bond donors (Lipinski definition) is 2. The molecule has 1 unspecified atom stereocenters. The number of piperazine rings is 1. The van der Waals surface area contributed by atoms with Crippen LogP contribution in [0.2, 0.25) is 0 Å². The number of aromatic nitrogens is 2. The molecule has 0 aromatic carbocycles. The standard InChI is InChI=1S/C24H39N7O3/c1-4-29-12-14-30(15-13-29)11-7-10-25-21(32)19-16-20-22(33)28(3)24(2,17-31(20)27-19)23(34)26-18-8-5-6-9-18/h16,18H,4-15,17H2,1-3H3,(H,25,32)(H,26,34). The SMILES string of the molecule is CCN1CCN(CCCNC(=O)c2cc3n(n2)CC(C)(C(=O)NC2CCCC2)N(C)C3=O)CC1. The molecule has 0 radical (unpaired) electrons. The smallest absolute Gasteiger partial charge is 0.272 e. The highest BCUT2D eigenvalue weighted by molar-refractivity contribution is 6.01. The monoisotopic (exact) mass is 473 g/mol. The number of amides is 3. The van der Waals surface area contributed by atoms with Gasteiger partial charge in [-0.3, -0.25) is 19.1 Å². The fraction of sp³-hybridized carbons (Fsp3) is 0.750. The van der Waals surface area contributed by atoms with Crippen LogP contribution in [0.1, 0.15) is 66.9 Å². The van der Waals surface area contributed by atoms with Gasteiger partial charge in [-0.1, -0.05) is 19.8 Å². The molecule has 1 atom stereocenters. The average molecular weight is 474 g/mol. The van der Waals surface area contributed by atoms with Gasteiger partial charge in [0.25, 0.3) is 11.8 Å². The van der Waals surface area contributed by atoms with Gasteiger partial charge in [-0.2, -0.15) is 5.10 Å². The quantitative estimate of drug-likeness (QED) is 0.535. The number of likely N-dealkylation sites (N-methyl/N-ethyl adjacent to an activating group) is 2. The lowest BCUT2D eigenvalue weighted by atomic mass is 9.95. The van der Waals surface area contributed by atoms with Crippen molar-refractivity contribution >= 4 is 17.7 Å². The Balaban J connectivity index is 1.31. The molecule has 1 aromatic rings. The third kappa shape index (κ3) is 5.12. The van der Waals surface area contributed by atoms with Gasteiger partial charge in [0, 0.05) is 51.9 Å². The fourth-order valence-electron chi connectivity index (χ4n) is 5.17. The van der Waals surface area contributed by atoms with E-state index in [-0.39, 0.29) is 36.0 Å². The maximum absolute atomic E-state index is 13.1. The molecule has 2 aliphatic heterocycles. The molecule has 34 heavy (non-hydrogen) atoms. The highest BCUT2D eigenvalue weighted by Crippen LogP contribution is 2.27. The van der Waals surface area contributed by atoms with Gasteiger partial charge in [-0.15, -0.1) is 0 Å². The van der Waals surface area contributed by atoms with Crippen molar-refractivity contribution in [2.24, 2.45) is 0 Å². The first-order valence-electron chi connectivity index (χ1n) is 12.7. The van der Waals surface area contributed by atoms with Crippen LogP contribution in [-0.2, 0) is 11.3 Å². The summed E-state index contributed by atoms with van der Waals surface area (Å²) in [6.45, 7) is 11.1. The molecule has 1 aromatic heterocycles. The summed E-state index contributed by atoms with van der Waals surface area (Å²) < 4.78 is 1.51. The van der Waals surface area contributed by atoms with E-state index >= 15 is 0 Å². The topological polar surface area (TPSA) is 103 Å². The number of nitrogens with one attached hydrogen (secondary N) is 2. The maximum atomic E-state index is 13.1. The Morgan fingerprint density at radius 2 is 1.82 bits per heavy atom. The highest BCUT2D eigenvalue weighted by atomic mass is 16.2. The van der Waals surface area contributed by atoms with Crippen molar-refractivity contribution in [3.8, 4) is 0 Å². The summed E-state index contributed by atoms with van der Waals surface area (Å²) in [6, 6.07) is 1.70. The third-order valence-electron chi connectivity index (χ3n) is 7.76. The van der Waals surface area contributed by atoms with Crippen molar-refractivity contribution in [1.29, 1.82) is 0 Å². The molecule has 3 amide bonds. The average Bonchev–Trinajstić information content (AvgIpc) is 3.50. The fourth-order valence-corrected chi connectivity index (χ4v) is 5.17. The first kappa shape index (κ1) is 24.7. The second-order valence-corrected chi connectivity index (χ2v) is 10.1. The Hall–Kier alpha value is -2.46. The molecule has 4 rings (SSSR count). The van der Waals surface area contributed by atoms with Gasteiger partial charge >= 0.3 is 0 Å². The molecule has 1 saturated heterocycles. The minimum Gasteiger partial charge on any atom is -0.351 e. The molecule has 3 heterocycles. The van der Waals surface area contributed by atoms with E-state index in [9.17, 15) is 14.4 Å². The summed E-state index contributed by atoms with van der Waals surface area (Å²) in [5, 5.41) is 10.4. The highest BCUT2D eigenvalue weighted by Gasteiger charge is 2.46. The maximum Gasteiger partial charge on any atom is 0.272 e. The van der Waals surface area contributed by atoms with Gasteiger partial charge in [0.1, 0.15) is 11.2 Å². The van der Waals surface area contributed by atoms with E-state index < -0.39 is 5.54 Å². The van der Waals surface area contributed by atoms with Crippen LogP contribution >= 0.6 is 0 Å². The molecule has 3 aliphatic rings. The van der Waals surface area contributed by atoms with Crippen molar-refractivity contribution in [1.82, 2.24) is 35.1 Å². The van der Waals surface area contributed by atoms with Crippen LogP contribution in [0.5, 0.6) is 0 Å². The first-order chi connectivity index (χ1) is 16.3. The normalized spacial score (nSPS) is 24.3. The predicted molar refractivity (Wildman–Crippen MR) is 129 cm³/mol. The number of fused-ring (bicyclic) bond motifs is 1. The second-order valence-electron chi connectivity index (χ2n) is 10.1. The second kappa shape index (κ2) is 10.4. The minimum absolute atomic E-state index is 0.165. The van der Waals surface area contributed by atoms with Gasteiger partial charge < -0.3 is 25.3 Å². The number of nitrogens with zero attached hydrogens (tertiary/aromatic N) is 5. The summed E-state index contributed by atoms with van der Waals surface area (Å²) in [7, 11) is 1.65. The zero-order valence-electron chi connectivity index (χ0n) is 20.8. The lowest BCUT2D eigenvalue weighted by Crippen LogP contribution is -2.63.